The van der Waals surface area contributed by atoms with E-state index in [1.165, 1.54) is 65.0 Å². The Bertz CT molecular complexity index is 191. The number of rotatable bonds is 14. The Morgan fingerprint density at radius 1 is 0.667 bits per heavy atom. The first kappa shape index (κ1) is 20.9. The van der Waals surface area contributed by atoms with E-state index in [-0.39, 0.29) is 0 Å². The molecule has 0 unspecified atom stereocenters. The van der Waals surface area contributed by atoms with Crippen molar-refractivity contribution in [3.63, 3.8) is 0 Å². The van der Waals surface area contributed by atoms with Crippen molar-refractivity contribution in [3.05, 3.63) is 0 Å². The fourth-order valence-corrected chi connectivity index (χ4v) is 2.97. The van der Waals surface area contributed by atoms with E-state index in [0.29, 0.717) is 12.1 Å². The van der Waals surface area contributed by atoms with Crippen molar-refractivity contribution in [1.29, 1.82) is 0 Å². The summed E-state index contributed by atoms with van der Waals surface area (Å²) in [7, 11) is 0. The van der Waals surface area contributed by atoms with Crippen LogP contribution >= 0.6 is 0 Å². The summed E-state index contributed by atoms with van der Waals surface area (Å²) >= 11 is 0. The number of nitrogens with zero attached hydrogens (tertiary/aromatic N) is 2. The highest BCUT2D eigenvalue weighted by Gasteiger charge is 2.08. The maximum Gasteiger partial charge on any atom is 0.00416 e. The van der Waals surface area contributed by atoms with Crippen molar-refractivity contribution in [2.24, 2.45) is 0 Å². The van der Waals surface area contributed by atoms with Gasteiger partial charge in [-0.25, -0.2) is 0 Å². The molecule has 0 radical (unpaired) electrons. The summed E-state index contributed by atoms with van der Waals surface area (Å²) in [6, 6.07) is 1.29. The number of hydrogen-bond acceptors (Lipinski definition) is 3. The summed E-state index contributed by atoms with van der Waals surface area (Å²) in [5.41, 5.74) is 0. The van der Waals surface area contributed by atoms with Gasteiger partial charge in [0.2, 0.25) is 0 Å². The fraction of sp³-hybridized carbons (Fsp3) is 1.00. The molecular formula is C18H41N3. The van der Waals surface area contributed by atoms with Crippen LogP contribution in [-0.4, -0.2) is 61.2 Å². The molecule has 0 spiro atoms. The Labute approximate surface area is 134 Å². The van der Waals surface area contributed by atoms with Crippen molar-refractivity contribution < 1.29 is 0 Å². The van der Waals surface area contributed by atoms with E-state index in [9.17, 15) is 0 Å². The van der Waals surface area contributed by atoms with Gasteiger partial charge < -0.3 is 15.1 Å². The monoisotopic (exact) mass is 299 g/mol. The lowest BCUT2D eigenvalue weighted by molar-refractivity contribution is 0.279. The predicted octanol–water partition coefficient (Wildman–Crippen LogP) is 3.60. The molecule has 1 N–H and O–H groups in total. The lowest BCUT2D eigenvalue weighted by Crippen LogP contribution is -2.36. The second-order valence-corrected chi connectivity index (χ2v) is 6.31. The largest absolute Gasteiger partial charge is 0.312 e. The van der Waals surface area contributed by atoms with Crippen molar-refractivity contribution >= 4 is 0 Å². The zero-order valence-corrected chi connectivity index (χ0v) is 15.6. The van der Waals surface area contributed by atoms with Gasteiger partial charge in [0.25, 0.3) is 0 Å². The molecule has 0 aromatic heterocycles. The smallest absolute Gasteiger partial charge is 0.00416 e. The minimum absolute atomic E-state index is 0.643. The Morgan fingerprint density at radius 3 is 1.29 bits per heavy atom. The van der Waals surface area contributed by atoms with E-state index in [1.807, 2.05) is 0 Å². The van der Waals surface area contributed by atoms with Crippen LogP contribution in [0.15, 0.2) is 0 Å². The zero-order chi connectivity index (χ0) is 16.1. The molecular weight excluding hydrogens is 258 g/mol. The molecule has 0 aromatic carbocycles. The van der Waals surface area contributed by atoms with E-state index in [0.717, 1.165) is 0 Å². The molecule has 0 saturated carbocycles. The minimum Gasteiger partial charge on any atom is -0.312 e. The SMILES string of the molecule is CCN(CC)CCC[C@@H](C)N[C@@H](C)CCCN(CC)CC. The molecule has 0 aromatic rings. The summed E-state index contributed by atoms with van der Waals surface area (Å²) < 4.78 is 0. The molecule has 0 fully saturated rings. The highest BCUT2D eigenvalue weighted by molar-refractivity contribution is 4.69. The third-order valence-corrected chi connectivity index (χ3v) is 4.58. The second-order valence-electron chi connectivity index (χ2n) is 6.31. The van der Waals surface area contributed by atoms with Crippen molar-refractivity contribution in [3.8, 4) is 0 Å². The normalized spacial score (nSPS) is 14.9. The standard InChI is InChI=1S/C18H41N3/c1-7-20(8-2)15-11-13-17(5)19-18(6)14-12-16-21(9-3)10-4/h17-19H,7-16H2,1-6H3/t17-,18+. The lowest BCUT2D eigenvalue weighted by atomic mass is 10.1. The topological polar surface area (TPSA) is 18.5 Å². The predicted molar refractivity (Wildman–Crippen MR) is 96.1 cm³/mol. The van der Waals surface area contributed by atoms with Gasteiger partial charge in [0.1, 0.15) is 0 Å². The van der Waals surface area contributed by atoms with Crippen LogP contribution in [0, 0.1) is 0 Å². The molecule has 0 rings (SSSR count). The molecule has 0 bridgehead atoms. The molecule has 2 atom stereocenters. The highest BCUT2D eigenvalue weighted by Crippen LogP contribution is 2.04. The quantitative estimate of drug-likeness (QED) is 0.529. The van der Waals surface area contributed by atoms with Gasteiger partial charge in [0.15, 0.2) is 0 Å². The van der Waals surface area contributed by atoms with Crippen LogP contribution < -0.4 is 5.32 Å². The van der Waals surface area contributed by atoms with Gasteiger partial charge in [-0.3, -0.25) is 0 Å². The van der Waals surface area contributed by atoms with Crippen LogP contribution in [-0.2, 0) is 0 Å². The van der Waals surface area contributed by atoms with Crippen LogP contribution in [0.5, 0.6) is 0 Å². The number of nitrogens with one attached hydrogen (secondary N) is 1. The zero-order valence-electron chi connectivity index (χ0n) is 15.6. The van der Waals surface area contributed by atoms with Gasteiger partial charge in [-0.05, 0) is 78.8 Å². The summed E-state index contributed by atoms with van der Waals surface area (Å²) in [4.78, 5) is 5.03. The van der Waals surface area contributed by atoms with Gasteiger partial charge >= 0.3 is 0 Å². The minimum atomic E-state index is 0.643. The molecule has 0 aliphatic heterocycles. The van der Waals surface area contributed by atoms with E-state index < -0.39 is 0 Å². The molecule has 0 amide bonds. The van der Waals surface area contributed by atoms with Crippen LogP contribution in [0.3, 0.4) is 0 Å². The van der Waals surface area contributed by atoms with Crippen molar-refractivity contribution in [2.45, 2.75) is 79.3 Å². The average molecular weight is 300 g/mol. The van der Waals surface area contributed by atoms with Gasteiger partial charge in [-0.2, -0.15) is 0 Å². The summed E-state index contributed by atoms with van der Waals surface area (Å²) in [6.45, 7) is 20.9. The van der Waals surface area contributed by atoms with Crippen LogP contribution in [0.1, 0.15) is 67.2 Å². The first-order valence-corrected chi connectivity index (χ1v) is 9.27. The maximum atomic E-state index is 3.76. The Morgan fingerprint density at radius 2 is 1.00 bits per heavy atom. The van der Waals surface area contributed by atoms with E-state index in [4.69, 9.17) is 0 Å². The summed E-state index contributed by atoms with van der Waals surface area (Å²) in [5.74, 6) is 0. The maximum absolute atomic E-state index is 3.76. The first-order chi connectivity index (χ1) is 10.1. The molecule has 3 heteroatoms. The molecule has 128 valence electrons. The van der Waals surface area contributed by atoms with Gasteiger partial charge in [-0.1, -0.05) is 27.7 Å². The third kappa shape index (κ3) is 11.1. The van der Waals surface area contributed by atoms with Crippen LogP contribution in [0.25, 0.3) is 0 Å². The second kappa shape index (κ2) is 13.5. The van der Waals surface area contributed by atoms with Crippen LogP contribution in [0.2, 0.25) is 0 Å². The van der Waals surface area contributed by atoms with Gasteiger partial charge in [0, 0.05) is 12.1 Å². The fourth-order valence-electron chi connectivity index (χ4n) is 2.97. The molecule has 0 saturated heterocycles. The molecule has 0 aliphatic carbocycles. The third-order valence-electron chi connectivity index (χ3n) is 4.58. The highest BCUT2D eigenvalue weighted by atomic mass is 15.1. The van der Waals surface area contributed by atoms with E-state index in [1.54, 1.807) is 0 Å². The van der Waals surface area contributed by atoms with E-state index in [2.05, 4.69) is 56.7 Å². The molecule has 21 heavy (non-hydrogen) atoms. The van der Waals surface area contributed by atoms with Crippen molar-refractivity contribution in [1.82, 2.24) is 15.1 Å². The summed E-state index contributed by atoms with van der Waals surface area (Å²) in [6.07, 6.45) is 5.19. The van der Waals surface area contributed by atoms with Crippen molar-refractivity contribution in [2.75, 3.05) is 39.3 Å². The Balaban J connectivity index is 3.66. The lowest BCUT2D eigenvalue weighted by Gasteiger charge is -2.23. The summed E-state index contributed by atoms with van der Waals surface area (Å²) in [5, 5.41) is 3.76. The van der Waals surface area contributed by atoms with Gasteiger partial charge in [-0.15, -0.1) is 0 Å². The average Bonchev–Trinajstić information content (AvgIpc) is 2.48. The molecule has 0 heterocycles. The van der Waals surface area contributed by atoms with Crippen LogP contribution in [0.4, 0.5) is 0 Å². The molecule has 3 nitrogen and oxygen atoms in total. The first-order valence-electron chi connectivity index (χ1n) is 9.27. The van der Waals surface area contributed by atoms with E-state index >= 15 is 0 Å². The molecule has 0 aliphatic rings. The van der Waals surface area contributed by atoms with Gasteiger partial charge in [0.05, 0.1) is 0 Å². The Kier molecular flexibility index (Phi) is 13.5. The Hall–Kier alpha value is -0.120. The number of hydrogen-bond donors (Lipinski definition) is 1.